The van der Waals surface area contributed by atoms with E-state index in [1.54, 1.807) is 36.4 Å². The maximum Gasteiger partial charge on any atom is 0.273 e. The van der Waals surface area contributed by atoms with Gasteiger partial charge in [-0.15, -0.1) is 0 Å². The zero-order chi connectivity index (χ0) is 17.8. The second-order valence-corrected chi connectivity index (χ2v) is 7.18. The third-order valence-corrected chi connectivity index (χ3v) is 5.09. The molecule has 0 atom stereocenters. The third-order valence-electron chi connectivity index (χ3n) is 3.44. The quantitative estimate of drug-likeness (QED) is 0.426. The van der Waals surface area contributed by atoms with Gasteiger partial charge in [0.25, 0.3) is 11.8 Å². The number of imide groups is 1. The van der Waals surface area contributed by atoms with Crippen LogP contribution in [0.2, 0.25) is 5.02 Å². The Bertz CT molecular complexity index is 907. The van der Waals surface area contributed by atoms with E-state index in [1.807, 2.05) is 36.4 Å². The summed E-state index contributed by atoms with van der Waals surface area (Å²) < 4.78 is 0.203. The van der Waals surface area contributed by atoms with Gasteiger partial charge in [0.05, 0.1) is 15.5 Å². The van der Waals surface area contributed by atoms with Crippen molar-refractivity contribution < 1.29 is 9.59 Å². The van der Waals surface area contributed by atoms with E-state index in [9.17, 15) is 9.59 Å². The van der Waals surface area contributed by atoms with Crippen molar-refractivity contribution in [2.45, 2.75) is 0 Å². The molecule has 3 nitrogen and oxygen atoms in total. The molecule has 0 bridgehead atoms. The van der Waals surface area contributed by atoms with Crippen LogP contribution in [-0.4, -0.2) is 21.0 Å². The molecule has 0 radical (unpaired) electrons. The van der Waals surface area contributed by atoms with Gasteiger partial charge in [-0.2, -0.15) is 0 Å². The first-order valence-electron chi connectivity index (χ1n) is 7.36. The van der Waals surface area contributed by atoms with E-state index >= 15 is 0 Å². The molecule has 6 heteroatoms. The summed E-state index contributed by atoms with van der Waals surface area (Å²) >= 11 is 12.3. The molecule has 0 saturated carbocycles. The van der Waals surface area contributed by atoms with Gasteiger partial charge in [0.1, 0.15) is 0 Å². The molecular formula is C19H12ClNO2S2. The lowest BCUT2D eigenvalue weighted by Crippen LogP contribution is -2.34. The highest BCUT2D eigenvalue weighted by Gasteiger charge is 2.37. The standard InChI is InChI=1S/C19H12ClNO2S2/c20-15-11-5-4-10-14(15)17(22)21-18(23)16(25-19(21)24)12-6-9-13-7-2-1-3-8-13/h1-12H/b9-6+,16-12+. The number of amides is 2. The molecule has 0 spiro atoms. The Balaban J connectivity index is 1.81. The molecule has 124 valence electrons. The summed E-state index contributed by atoms with van der Waals surface area (Å²) in [6, 6.07) is 16.3. The van der Waals surface area contributed by atoms with Gasteiger partial charge in [0.2, 0.25) is 0 Å². The van der Waals surface area contributed by atoms with Crippen LogP contribution in [0.15, 0.2) is 71.7 Å². The highest BCUT2D eigenvalue weighted by molar-refractivity contribution is 8.26. The number of hydrogen-bond donors (Lipinski definition) is 0. The van der Waals surface area contributed by atoms with Crippen molar-refractivity contribution in [2.24, 2.45) is 0 Å². The van der Waals surface area contributed by atoms with Crippen molar-refractivity contribution in [3.63, 3.8) is 0 Å². The van der Waals surface area contributed by atoms with Crippen molar-refractivity contribution in [2.75, 3.05) is 0 Å². The second kappa shape index (κ2) is 7.78. The van der Waals surface area contributed by atoms with Gasteiger partial charge in [-0.3, -0.25) is 9.59 Å². The predicted octanol–water partition coefficient (Wildman–Crippen LogP) is 4.94. The van der Waals surface area contributed by atoms with E-state index in [4.69, 9.17) is 23.8 Å². The first-order chi connectivity index (χ1) is 12.1. The number of rotatable bonds is 3. The summed E-state index contributed by atoms with van der Waals surface area (Å²) in [7, 11) is 0. The largest absolute Gasteiger partial charge is 0.273 e. The number of nitrogens with zero attached hydrogens (tertiary/aromatic N) is 1. The van der Waals surface area contributed by atoms with Gasteiger partial charge in [0, 0.05) is 0 Å². The number of thioether (sulfide) groups is 1. The van der Waals surface area contributed by atoms with Gasteiger partial charge in [0.15, 0.2) is 4.32 Å². The average Bonchev–Trinajstić information content (AvgIpc) is 2.89. The van der Waals surface area contributed by atoms with E-state index < -0.39 is 11.8 Å². The Labute approximate surface area is 160 Å². The minimum absolute atomic E-state index is 0.203. The van der Waals surface area contributed by atoms with Crippen molar-refractivity contribution in [3.8, 4) is 0 Å². The van der Waals surface area contributed by atoms with Gasteiger partial charge in [-0.05, 0) is 23.8 Å². The fourth-order valence-electron chi connectivity index (χ4n) is 2.22. The zero-order valence-corrected chi connectivity index (χ0v) is 15.3. The fourth-order valence-corrected chi connectivity index (χ4v) is 3.64. The molecule has 0 aliphatic carbocycles. The molecule has 1 fully saturated rings. The number of carbonyl (C=O) groups excluding carboxylic acids is 2. The van der Waals surface area contributed by atoms with E-state index in [-0.39, 0.29) is 14.9 Å². The summed E-state index contributed by atoms with van der Waals surface area (Å²) in [5.74, 6) is -0.943. The Morgan fingerprint density at radius 2 is 1.76 bits per heavy atom. The van der Waals surface area contributed by atoms with E-state index in [1.165, 1.54) is 0 Å². The van der Waals surface area contributed by atoms with Crippen molar-refractivity contribution >= 4 is 57.8 Å². The second-order valence-electron chi connectivity index (χ2n) is 5.09. The van der Waals surface area contributed by atoms with Gasteiger partial charge in [-0.25, -0.2) is 4.90 Å². The number of halogens is 1. The highest BCUT2D eigenvalue weighted by atomic mass is 35.5. The first kappa shape index (κ1) is 17.6. The van der Waals surface area contributed by atoms with Crippen LogP contribution in [0.25, 0.3) is 6.08 Å². The molecule has 2 aromatic rings. The minimum atomic E-state index is -0.511. The van der Waals surface area contributed by atoms with Gasteiger partial charge < -0.3 is 0 Å². The van der Waals surface area contributed by atoms with E-state index in [2.05, 4.69) is 0 Å². The number of carbonyl (C=O) groups is 2. The minimum Gasteiger partial charge on any atom is -0.268 e. The van der Waals surface area contributed by atoms with Crippen LogP contribution >= 0.6 is 35.6 Å². The molecule has 1 aliphatic heterocycles. The molecule has 3 rings (SSSR count). The molecule has 0 aromatic heterocycles. The summed E-state index contributed by atoms with van der Waals surface area (Å²) in [6.45, 7) is 0. The summed E-state index contributed by atoms with van der Waals surface area (Å²) in [4.78, 5) is 26.5. The third kappa shape index (κ3) is 3.90. The van der Waals surface area contributed by atoms with Crippen LogP contribution in [-0.2, 0) is 4.79 Å². The maximum absolute atomic E-state index is 12.6. The molecule has 1 aliphatic rings. The number of hydrogen-bond acceptors (Lipinski definition) is 4. The van der Waals surface area contributed by atoms with Crippen molar-refractivity contribution in [3.05, 3.63) is 87.8 Å². The van der Waals surface area contributed by atoms with Crippen LogP contribution in [0.1, 0.15) is 15.9 Å². The average molecular weight is 386 g/mol. The van der Waals surface area contributed by atoms with Crippen LogP contribution in [0, 0.1) is 0 Å². The lowest BCUT2D eigenvalue weighted by Gasteiger charge is -2.13. The molecule has 2 amide bonds. The Kier molecular flexibility index (Phi) is 5.48. The van der Waals surface area contributed by atoms with Gasteiger partial charge >= 0.3 is 0 Å². The molecular weight excluding hydrogens is 374 g/mol. The smallest absolute Gasteiger partial charge is 0.268 e. The molecule has 25 heavy (non-hydrogen) atoms. The monoisotopic (exact) mass is 385 g/mol. The van der Waals surface area contributed by atoms with E-state index in [0.717, 1.165) is 22.2 Å². The van der Waals surface area contributed by atoms with Crippen LogP contribution in [0.5, 0.6) is 0 Å². The SMILES string of the molecule is O=C1/C(=C\C=C\c2ccccc2)SC(=S)N1C(=O)c1ccccc1Cl. The number of thiocarbonyl (C=S) groups is 1. The first-order valence-corrected chi connectivity index (χ1v) is 8.97. The molecule has 0 N–H and O–H groups in total. The molecule has 1 heterocycles. The Morgan fingerprint density at radius 1 is 1.08 bits per heavy atom. The van der Waals surface area contributed by atoms with Gasteiger partial charge in [-0.1, -0.05) is 90.2 Å². The topological polar surface area (TPSA) is 37.4 Å². The molecule has 2 aromatic carbocycles. The lowest BCUT2D eigenvalue weighted by atomic mass is 10.2. The summed E-state index contributed by atoms with van der Waals surface area (Å²) in [6.07, 6.45) is 5.30. The summed E-state index contributed by atoms with van der Waals surface area (Å²) in [5, 5.41) is 0.287. The zero-order valence-electron chi connectivity index (χ0n) is 12.9. The summed E-state index contributed by atoms with van der Waals surface area (Å²) in [5.41, 5.74) is 1.27. The van der Waals surface area contributed by atoms with Crippen LogP contribution < -0.4 is 0 Å². The Hall–Kier alpha value is -2.21. The highest BCUT2D eigenvalue weighted by Crippen LogP contribution is 2.33. The number of allylic oxidation sites excluding steroid dienone is 2. The van der Waals surface area contributed by atoms with Crippen LogP contribution in [0.4, 0.5) is 0 Å². The molecule has 1 saturated heterocycles. The maximum atomic E-state index is 12.6. The predicted molar refractivity (Wildman–Crippen MR) is 106 cm³/mol. The van der Waals surface area contributed by atoms with Crippen molar-refractivity contribution in [1.82, 2.24) is 4.90 Å². The van der Waals surface area contributed by atoms with Crippen molar-refractivity contribution in [1.29, 1.82) is 0 Å². The van der Waals surface area contributed by atoms with E-state index in [0.29, 0.717) is 4.91 Å². The Morgan fingerprint density at radius 3 is 2.48 bits per heavy atom. The molecule has 0 unspecified atom stereocenters. The number of benzene rings is 2. The van der Waals surface area contributed by atoms with Crippen LogP contribution in [0.3, 0.4) is 0 Å². The normalized spacial score (nSPS) is 16.2. The lowest BCUT2D eigenvalue weighted by molar-refractivity contribution is -0.120. The fraction of sp³-hybridized carbons (Fsp3) is 0.